The van der Waals surface area contributed by atoms with Gasteiger partial charge in [-0.15, -0.1) is 0 Å². The summed E-state index contributed by atoms with van der Waals surface area (Å²) >= 11 is 12.5. The van der Waals surface area contributed by atoms with Gasteiger partial charge in [0.1, 0.15) is 0 Å². The van der Waals surface area contributed by atoms with Gasteiger partial charge in [0.2, 0.25) is 0 Å². The quantitative estimate of drug-likeness (QED) is 0.543. The molecule has 0 spiro atoms. The second kappa shape index (κ2) is 8.87. The minimum absolute atomic E-state index is 0.670. The SMILES string of the molecule is CCN1CCCC1CNCc1cn(Cc2ccc(Cl)cc2Cl)c2ccccc12. The van der Waals surface area contributed by atoms with Crippen LogP contribution in [0.1, 0.15) is 30.9 Å². The van der Waals surface area contributed by atoms with Crippen LogP contribution in [-0.4, -0.2) is 35.1 Å². The van der Waals surface area contributed by atoms with E-state index in [4.69, 9.17) is 23.2 Å². The zero-order chi connectivity index (χ0) is 19.5. The highest BCUT2D eigenvalue weighted by Crippen LogP contribution is 2.26. The molecule has 0 amide bonds. The van der Waals surface area contributed by atoms with E-state index in [1.54, 1.807) is 0 Å². The number of fused-ring (bicyclic) bond motifs is 1. The van der Waals surface area contributed by atoms with Crippen molar-refractivity contribution in [1.29, 1.82) is 0 Å². The average molecular weight is 416 g/mol. The van der Waals surface area contributed by atoms with Gasteiger partial charge in [0.05, 0.1) is 0 Å². The third-order valence-corrected chi connectivity index (χ3v) is 6.41. The minimum atomic E-state index is 0.670. The van der Waals surface area contributed by atoms with E-state index in [1.165, 1.54) is 35.9 Å². The highest BCUT2D eigenvalue weighted by atomic mass is 35.5. The first-order chi connectivity index (χ1) is 13.7. The second-order valence-corrected chi connectivity index (χ2v) is 8.43. The maximum atomic E-state index is 6.41. The summed E-state index contributed by atoms with van der Waals surface area (Å²) in [5.41, 5.74) is 3.65. The lowest BCUT2D eigenvalue weighted by Crippen LogP contribution is -2.37. The average Bonchev–Trinajstić information content (AvgIpc) is 3.29. The Morgan fingerprint density at radius 1 is 1.11 bits per heavy atom. The molecule has 1 fully saturated rings. The fourth-order valence-corrected chi connectivity index (χ4v) is 4.81. The minimum Gasteiger partial charge on any atom is -0.343 e. The number of aromatic nitrogens is 1. The molecule has 3 aromatic rings. The van der Waals surface area contributed by atoms with Gasteiger partial charge in [-0.25, -0.2) is 0 Å². The molecule has 148 valence electrons. The molecule has 0 radical (unpaired) electrons. The van der Waals surface area contributed by atoms with E-state index in [0.717, 1.165) is 31.7 Å². The molecule has 1 N–H and O–H groups in total. The first-order valence-electron chi connectivity index (χ1n) is 10.1. The van der Waals surface area contributed by atoms with Crippen molar-refractivity contribution in [2.24, 2.45) is 0 Å². The van der Waals surface area contributed by atoms with E-state index < -0.39 is 0 Å². The number of nitrogens with one attached hydrogen (secondary N) is 1. The largest absolute Gasteiger partial charge is 0.343 e. The third-order valence-electron chi connectivity index (χ3n) is 5.83. The number of likely N-dealkylation sites (N-methyl/N-ethyl adjacent to an activating group) is 1. The van der Waals surface area contributed by atoms with Crippen LogP contribution in [0.15, 0.2) is 48.7 Å². The van der Waals surface area contributed by atoms with Crippen molar-refractivity contribution in [3.05, 3.63) is 69.8 Å². The standard InChI is InChI=1S/C23H27Cl2N3/c1-2-27-11-5-6-20(27)14-26-13-18-16-28(23-8-4-3-7-21(18)23)15-17-9-10-19(24)12-22(17)25/h3-4,7-10,12,16,20,26H,2,5-6,11,13-15H2,1H3. The normalized spacial score (nSPS) is 17.6. The smallest absolute Gasteiger partial charge is 0.0491 e. The van der Waals surface area contributed by atoms with Gasteiger partial charge in [-0.3, -0.25) is 4.90 Å². The summed E-state index contributed by atoms with van der Waals surface area (Å²) in [6, 6.07) is 15.0. The Labute approximate surface area is 177 Å². The van der Waals surface area contributed by atoms with Crippen molar-refractivity contribution in [1.82, 2.24) is 14.8 Å². The summed E-state index contributed by atoms with van der Waals surface area (Å²) in [5, 5.41) is 6.39. The van der Waals surface area contributed by atoms with Gasteiger partial charge in [-0.05, 0) is 55.3 Å². The number of rotatable bonds is 7. The number of likely N-dealkylation sites (tertiary alicyclic amines) is 1. The fourth-order valence-electron chi connectivity index (χ4n) is 4.34. The Morgan fingerprint density at radius 2 is 1.96 bits per heavy atom. The maximum absolute atomic E-state index is 6.41. The number of benzene rings is 2. The van der Waals surface area contributed by atoms with Crippen LogP contribution in [0.4, 0.5) is 0 Å². The number of hydrogen-bond donors (Lipinski definition) is 1. The molecule has 2 heterocycles. The predicted octanol–water partition coefficient (Wildman–Crippen LogP) is 5.57. The van der Waals surface area contributed by atoms with Gasteiger partial charge < -0.3 is 9.88 Å². The topological polar surface area (TPSA) is 20.2 Å². The second-order valence-electron chi connectivity index (χ2n) is 7.59. The van der Waals surface area contributed by atoms with Crippen LogP contribution in [0.3, 0.4) is 0 Å². The molecule has 4 rings (SSSR count). The maximum Gasteiger partial charge on any atom is 0.0491 e. The number of halogens is 2. The Morgan fingerprint density at radius 3 is 2.79 bits per heavy atom. The molecule has 1 atom stereocenters. The number of para-hydroxylation sites is 1. The molecular weight excluding hydrogens is 389 g/mol. The predicted molar refractivity (Wildman–Crippen MR) is 119 cm³/mol. The van der Waals surface area contributed by atoms with Crippen LogP contribution in [0.5, 0.6) is 0 Å². The van der Waals surface area contributed by atoms with Crippen LogP contribution in [0.25, 0.3) is 10.9 Å². The molecule has 1 aliphatic rings. The summed E-state index contributed by atoms with van der Waals surface area (Å²) in [6.07, 6.45) is 4.88. The van der Waals surface area contributed by atoms with Gasteiger partial charge >= 0.3 is 0 Å². The highest BCUT2D eigenvalue weighted by Gasteiger charge is 2.22. The molecule has 1 aromatic heterocycles. The highest BCUT2D eigenvalue weighted by molar-refractivity contribution is 6.35. The molecule has 1 aliphatic heterocycles. The van der Waals surface area contributed by atoms with E-state index in [0.29, 0.717) is 16.1 Å². The van der Waals surface area contributed by atoms with Gasteiger partial charge in [0.15, 0.2) is 0 Å². The first kappa shape index (κ1) is 19.8. The molecule has 5 heteroatoms. The third kappa shape index (κ3) is 4.23. The Hall–Kier alpha value is -1.52. The van der Waals surface area contributed by atoms with Gasteiger partial charge in [0.25, 0.3) is 0 Å². The van der Waals surface area contributed by atoms with Gasteiger partial charge in [0, 0.05) is 52.8 Å². The van der Waals surface area contributed by atoms with Crippen molar-refractivity contribution in [3.8, 4) is 0 Å². The first-order valence-corrected chi connectivity index (χ1v) is 10.9. The van der Waals surface area contributed by atoms with Crippen molar-refractivity contribution in [3.63, 3.8) is 0 Å². The van der Waals surface area contributed by atoms with Crippen molar-refractivity contribution in [2.45, 2.75) is 38.9 Å². The molecule has 0 saturated carbocycles. The summed E-state index contributed by atoms with van der Waals surface area (Å²) < 4.78 is 2.29. The molecule has 0 aliphatic carbocycles. The van der Waals surface area contributed by atoms with E-state index >= 15 is 0 Å². The van der Waals surface area contributed by atoms with Crippen molar-refractivity contribution >= 4 is 34.1 Å². The fraction of sp³-hybridized carbons (Fsp3) is 0.391. The zero-order valence-corrected chi connectivity index (χ0v) is 17.8. The van der Waals surface area contributed by atoms with Crippen molar-refractivity contribution in [2.75, 3.05) is 19.6 Å². The molecular formula is C23H27Cl2N3. The number of hydrogen-bond acceptors (Lipinski definition) is 2. The van der Waals surface area contributed by atoms with Crippen LogP contribution in [-0.2, 0) is 13.1 Å². The van der Waals surface area contributed by atoms with Crippen LogP contribution >= 0.6 is 23.2 Å². The monoisotopic (exact) mass is 415 g/mol. The lowest BCUT2D eigenvalue weighted by molar-refractivity contribution is 0.260. The molecule has 0 bridgehead atoms. The molecule has 3 nitrogen and oxygen atoms in total. The van der Waals surface area contributed by atoms with E-state index in [1.807, 2.05) is 18.2 Å². The summed E-state index contributed by atoms with van der Waals surface area (Å²) in [7, 11) is 0. The Balaban J connectivity index is 1.51. The van der Waals surface area contributed by atoms with Crippen molar-refractivity contribution < 1.29 is 0 Å². The Bertz CT molecular complexity index is 950. The van der Waals surface area contributed by atoms with E-state index in [9.17, 15) is 0 Å². The summed E-state index contributed by atoms with van der Waals surface area (Å²) in [5.74, 6) is 0. The molecule has 28 heavy (non-hydrogen) atoms. The molecule has 1 saturated heterocycles. The summed E-state index contributed by atoms with van der Waals surface area (Å²) in [4.78, 5) is 2.58. The van der Waals surface area contributed by atoms with Crippen LogP contribution < -0.4 is 5.32 Å². The molecule has 2 aromatic carbocycles. The van der Waals surface area contributed by atoms with Gasteiger partial charge in [-0.2, -0.15) is 0 Å². The van der Waals surface area contributed by atoms with Crippen LogP contribution in [0.2, 0.25) is 10.0 Å². The zero-order valence-electron chi connectivity index (χ0n) is 16.3. The lowest BCUT2D eigenvalue weighted by atomic mass is 10.1. The number of nitrogens with zero attached hydrogens (tertiary/aromatic N) is 2. The molecule has 1 unspecified atom stereocenters. The van der Waals surface area contributed by atoms with E-state index in [2.05, 4.69) is 52.2 Å². The van der Waals surface area contributed by atoms with Gasteiger partial charge in [-0.1, -0.05) is 54.4 Å². The Kier molecular flexibility index (Phi) is 6.27. The lowest BCUT2D eigenvalue weighted by Gasteiger charge is -2.22. The van der Waals surface area contributed by atoms with Crippen LogP contribution in [0, 0.1) is 0 Å². The van der Waals surface area contributed by atoms with E-state index in [-0.39, 0.29) is 0 Å². The summed E-state index contributed by atoms with van der Waals surface area (Å²) in [6.45, 7) is 7.32.